The summed E-state index contributed by atoms with van der Waals surface area (Å²) in [5.74, 6) is -0.600. The predicted octanol–water partition coefficient (Wildman–Crippen LogP) is 1.98. The Bertz CT molecular complexity index is 448. The number of carboxylic acid groups (broad SMARTS) is 1. The van der Waals surface area contributed by atoms with Crippen LogP contribution in [0.15, 0.2) is 10.5 Å². The van der Waals surface area contributed by atoms with E-state index in [4.69, 9.17) is 9.52 Å². The molecule has 0 saturated carbocycles. The lowest BCUT2D eigenvalue weighted by atomic mass is 9.96. The summed E-state index contributed by atoms with van der Waals surface area (Å²) in [6.07, 6.45) is 0. The normalized spacial score (nSPS) is 12.5. The summed E-state index contributed by atoms with van der Waals surface area (Å²) in [6.45, 7) is 7.23. The van der Waals surface area contributed by atoms with Gasteiger partial charge in [-0.1, -0.05) is 13.8 Å². The number of rotatable bonds is 5. The molecule has 5 heteroatoms. The molecule has 5 nitrogen and oxygen atoms in total. The minimum atomic E-state index is -0.898. The average molecular weight is 253 g/mol. The van der Waals surface area contributed by atoms with Crippen LogP contribution >= 0.6 is 0 Å². The van der Waals surface area contributed by atoms with Gasteiger partial charge in [-0.15, -0.1) is 0 Å². The van der Waals surface area contributed by atoms with Gasteiger partial charge in [0, 0.05) is 6.54 Å². The number of amides is 1. The van der Waals surface area contributed by atoms with E-state index in [1.807, 2.05) is 13.8 Å². The topological polar surface area (TPSA) is 79.5 Å². The summed E-state index contributed by atoms with van der Waals surface area (Å²) < 4.78 is 5.26. The van der Waals surface area contributed by atoms with Gasteiger partial charge in [0.25, 0.3) is 5.91 Å². The van der Waals surface area contributed by atoms with Crippen molar-refractivity contribution in [1.29, 1.82) is 0 Å². The maximum Gasteiger partial charge on any atom is 0.308 e. The van der Waals surface area contributed by atoms with E-state index in [9.17, 15) is 9.59 Å². The van der Waals surface area contributed by atoms with Crippen LogP contribution in [0.3, 0.4) is 0 Å². The molecule has 1 unspecified atom stereocenters. The van der Waals surface area contributed by atoms with E-state index in [2.05, 4.69) is 5.32 Å². The maximum absolute atomic E-state index is 11.9. The quantitative estimate of drug-likeness (QED) is 0.841. The summed E-state index contributed by atoms with van der Waals surface area (Å²) in [5.41, 5.74) is 0.459. The Morgan fingerprint density at radius 1 is 1.39 bits per heavy atom. The smallest absolute Gasteiger partial charge is 0.308 e. The van der Waals surface area contributed by atoms with Crippen LogP contribution in [0.5, 0.6) is 0 Å². The lowest BCUT2D eigenvalue weighted by molar-refractivity contribution is -0.142. The molecule has 1 atom stereocenters. The number of carbonyl (C=O) groups is 2. The Balaban J connectivity index is 2.66. The first-order chi connectivity index (χ1) is 8.32. The highest BCUT2D eigenvalue weighted by molar-refractivity contribution is 5.95. The van der Waals surface area contributed by atoms with Crippen molar-refractivity contribution < 1.29 is 19.1 Å². The molecule has 0 bridgehead atoms. The van der Waals surface area contributed by atoms with Gasteiger partial charge in [-0.05, 0) is 25.8 Å². The van der Waals surface area contributed by atoms with Crippen molar-refractivity contribution in [3.8, 4) is 0 Å². The second-order valence-electron chi connectivity index (χ2n) is 4.73. The summed E-state index contributed by atoms with van der Waals surface area (Å²) in [6, 6.07) is 1.65. The van der Waals surface area contributed by atoms with Crippen molar-refractivity contribution in [1.82, 2.24) is 5.32 Å². The Labute approximate surface area is 106 Å². The number of furan rings is 1. The predicted molar refractivity (Wildman–Crippen MR) is 66.5 cm³/mol. The van der Waals surface area contributed by atoms with Gasteiger partial charge in [0.1, 0.15) is 11.5 Å². The number of carbonyl (C=O) groups excluding carboxylic acids is 1. The summed E-state index contributed by atoms with van der Waals surface area (Å²) in [7, 11) is 0. The minimum Gasteiger partial charge on any atom is -0.481 e. The molecule has 0 aliphatic heterocycles. The zero-order valence-corrected chi connectivity index (χ0v) is 11.1. The minimum absolute atomic E-state index is 0.0324. The van der Waals surface area contributed by atoms with E-state index in [1.54, 1.807) is 19.9 Å². The van der Waals surface area contributed by atoms with Gasteiger partial charge in [-0.25, -0.2) is 0 Å². The van der Waals surface area contributed by atoms with Crippen molar-refractivity contribution in [2.24, 2.45) is 11.8 Å². The van der Waals surface area contributed by atoms with Gasteiger partial charge in [0.2, 0.25) is 0 Å². The molecule has 0 spiro atoms. The molecule has 1 amide bonds. The molecule has 0 aliphatic rings. The fourth-order valence-electron chi connectivity index (χ4n) is 1.76. The van der Waals surface area contributed by atoms with Crippen molar-refractivity contribution in [2.75, 3.05) is 6.54 Å². The molecule has 1 aromatic rings. The lowest BCUT2D eigenvalue weighted by Gasteiger charge is -2.16. The molecular weight excluding hydrogens is 234 g/mol. The molecule has 0 fully saturated rings. The highest BCUT2D eigenvalue weighted by atomic mass is 16.4. The van der Waals surface area contributed by atoms with Crippen LogP contribution in [0.4, 0.5) is 0 Å². The van der Waals surface area contributed by atoms with Crippen LogP contribution in [0, 0.1) is 25.7 Å². The molecule has 0 radical (unpaired) electrons. The van der Waals surface area contributed by atoms with Gasteiger partial charge in [-0.3, -0.25) is 9.59 Å². The number of hydrogen-bond acceptors (Lipinski definition) is 3. The molecule has 2 N–H and O–H groups in total. The van der Waals surface area contributed by atoms with Gasteiger partial charge >= 0.3 is 5.97 Å². The van der Waals surface area contributed by atoms with Crippen molar-refractivity contribution >= 4 is 11.9 Å². The van der Waals surface area contributed by atoms with Crippen LogP contribution in [-0.2, 0) is 4.79 Å². The largest absolute Gasteiger partial charge is 0.481 e. The third-order valence-electron chi connectivity index (χ3n) is 2.89. The second-order valence-corrected chi connectivity index (χ2v) is 4.73. The molecule has 0 aliphatic carbocycles. The van der Waals surface area contributed by atoms with Gasteiger partial charge in [0.05, 0.1) is 11.5 Å². The fourth-order valence-corrected chi connectivity index (χ4v) is 1.76. The van der Waals surface area contributed by atoms with Crippen LogP contribution < -0.4 is 5.32 Å². The Morgan fingerprint density at radius 3 is 2.39 bits per heavy atom. The Hall–Kier alpha value is -1.78. The summed E-state index contributed by atoms with van der Waals surface area (Å²) in [5, 5.41) is 11.7. The van der Waals surface area contributed by atoms with E-state index in [0.717, 1.165) is 0 Å². The highest BCUT2D eigenvalue weighted by Gasteiger charge is 2.23. The number of hydrogen-bond donors (Lipinski definition) is 2. The monoisotopic (exact) mass is 253 g/mol. The first kappa shape index (κ1) is 14.3. The molecule has 0 aromatic carbocycles. The number of aryl methyl sites for hydroxylation is 2. The standard InChI is InChI=1S/C13H19NO4/c1-7(2)11(13(16)17)6-14-12(15)10-5-8(3)18-9(10)4/h5,7,11H,6H2,1-4H3,(H,14,15)(H,16,17). The van der Waals surface area contributed by atoms with Crippen molar-refractivity contribution in [3.63, 3.8) is 0 Å². The first-order valence-electron chi connectivity index (χ1n) is 5.91. The Kier molecular flexibility index (Phi) is 4.53. The number of aliphatic carboxylic acids is 1. The average Bonchev–Trinajstić information content (AvgIpc) is 2.56. The molecule has 1 heterocycles. The van der Waals surface area contributed by atoms with Crippen molar-refractivity contribution in [3.05, 3.63) is 23.2 Å². The third-order valence-corrected chi connectivity index (χ3v) is 2.89. The molecule has 100 valence electrons. The zero-order valence-electron chi connectivity index (χ0n) is 11.1. The van der Waals surface area contributed by atoms with E-state index >= 15 is 0 Å². The summed E-state index contributed by atoms with van der Waals surface area (Å²) in [4.78, 5) is 22.9. The number of nitrogens with one attached hydrogen (secondary N) is 1. The Morgan fingerprint density at radius 2 is 2.00 bits per heavy atom. The third kappa shape index (κ3) is 3.35. The van der Waals surface area contributed by atoms with Crippen molar-refractivity contribution in [2.45, 2.75) is 27.7 Å². The van der Waals surface area contributed by atoms with Gasteiger partial charge in [-0.2, -0.15) is 0 Å². The molecule has 18 heavy (non-hydrogen) atoms. The van der Waals surface area contributed by atoms with E-state index in [1.165, 1.54) is 0 Å². The SMILES string of the molecule is Cc1cc(C(=O)NCC(C(=O)O)C(C)C)c(C)o1. The zero-order chi connectivity index (χ0) is 13.9. The molecule has 1 rings (SSSR count). The van der Waals surface area contributed by atoms with Gasteiger partial charge < -0.3 is 14.8 Å². The van der Waals surface area contributed by atoms with Gasteiger partial charge in [0.15, 0.2) is 0 Å². The van der Waals surface area contributed by atoms with Crippen LogP contribution in [0.25, 0.3) is 0 Å². The lowest BCUT2D eigenvalue weighted by Crippen LogP contribution is -2.35. The molecular formula is C13H19NO4. The number of carboxylic acids is 1. The highest BCUT2D eigenvalue weighted by Crippen LogP contribution is 2.14. The van der Waals surface area contributed by atoms with E-state index in [-0.39, 0.29) is 18.4 Å². The maximum atomic E-state index is 11.9. The first-order valence-corrected chi connectivity index (χ1v) is 5.91. The molecule has 1 aromatic heterocycles. The fraction of sp³-hybridized carbons (Fsp3) is 0.538. The van der Waals surface area contributed by atoms with E-state index in [0.29, 0.717) is 17.1 Å². The van der Waals surface area contributed by atoms with E-state index < -0.39 is 11.9 Å². The van der Waals surface area contributed by atoms with Crippen LogP contribution in [0.2, 0.25) is 0 Å². The summed E-state index contributed by atoms with van der Waals surface area (Å²) >= 11 is 0. The second kappa shape index (κ2) is 5.71. The van der Waals surface area contributed by atoms with Crippen LogP contribution in [-0.4, -0.2) is 23.5 Å². The van der Waals surface area contributed by atoms with Crippen LogP contribution in [0.1, 0.15) is 35.7 Å². The molecule has 0 saturated heterocycles.